The Kier molecular flexibility index (Phi) is 34.8. The van der Waals surface area contributed by atoms with E-state index in [1.54, 1.807) is 0 Å². The molecule has 0 aliphatic carbocycles. The lowest BCUT2D eigenvalue weighted by Crippen LogP contribution is -2.65. The van der Waals surface area contributed by atoms with Crippen molar-refractivity contribution in [3.05, 3.63) is 0 Å². The van der Waals surface area contributed by atoms with Gasteiger partial charge in [-0.05, 0) is 84.1 Å². The summed E-state index contributed by atoms with van der Waals surface area (Å²) in [6.07, 6.45) is -37.3. The quantitative estimate of drug-likeness (QED) is 0.0325. The Bertz CT molecular complexity index is 2260. The Hall–Kier alpha value is 0.510. The highest BCUT2D eigenvalue weighted by atomic mass is 35.5. The maximum atomic E-state index is 17.8. The lowest BCUT2D eigenvalue weighted by molar-refractivity contribution is -0.567. The maximum absolute atomic E-state index is 17.8. The summed E-state index contributed by atoms with van der Waals surface area (Å²) in [5.74, 6) is -24.7. The second kappa shape index (κ2) is 34.6. The standard InChI is InChI=1S/C34H30Cl2F38O14S9/c1-7-79-21(75-3,15(45,46)47)85-23(77-5,81-9-11(37)38)17(51,52)89-25(94-31(65,66)67,19(55,56)91-33(71,72)96-27(35,83-13(41)42)87-29(59,60)61)93-26(95-32(68,69)70,20(57,58)92-34(73,74)97-28(36,84-14(43)44)88-30(62,63)64)90-18(53,54)24(78-6,82-10-12(39)40)86-22(76-4,80-8-2)16(48,49)50/h11-14H,7-10H2,1-6H3. The van der Waals surface area contributed by atoms with Gasteiger partial charge < -0.3 is 37.9 Å². The predicted molar refractivity (Wildman–Crippen MR) is 262 cm³/mol. The van der Waals surface area contributed by atoms with Crippen molar-refractivity contribution in [3.8, 4) is 0 Å². The lowest BCUT2D eigenvalue weighted by atomic mass is 10.4. The predicted octanol–water partition coefficient (Wildman–Crippen LogP) is 19.7. The van der Waals surface area contributed by atoms with Crippen LogP contribution in [0.2, 0.25) is 0 Å². The normalized spacial score (nSPS) is 19.7. The summed E-state index contributed by atoms with van der Waals surface area (Å²) in [5, 5.41) is -32.0. The van der Waals surface area contributed by atoms with Crippen LogP contribution in [-0.2, 0) is 66.3 Å². The fraction of sp³-hybridized carbons (Fsp3) is 1.00. The molecule has 0 radical (unpaired) electrons. The molecule has 584 valence electrons. The first-order valence-corrected chi connectivity index (χ1v) is 30.2. The molecule has 0 heterocycles. The van der Waals surface area contributed by atoms with E-state index in [-0.39, 0.29) is 13.8 Å². The van der Waals surface area contributed by atoms with Crippen molar-refractivity contribution in [1.82, 2.24) is 0 Å². The van der Waals surface area contributed by atoms with Crippen LogP contribution < -0.4 is 0 Å². The molecule has 8 unspecified atom stereocenters. The van der Waals surface area contributed by atoms with Gasteiger partial charge in [0.2, 0.25) is 0 Å². The van der Waals surface area contributed by atoms with Crippen LogP contribution in [0.4, 0.5) is 167 Å². The van der Waals surface area contributed by atoms with Gasteiger partial charge in [-0.2, -0.15) is 123 Å². The third-order valence-electron chi connectivity index (χ3n) is 8.40. The van der Waals surface area contributed by atoms with E-state index >= 15 is 79.0 Å². The molecule has 97 heavy (non-hydrogen) atoms. The average molecular weight is 1740 g/mol. The Balaban J connectivity index is 11.1. The molecule has 0 amide bonds. The summed E-state index contributed by atoms with van der Waals surface area (Å²) in [5.41, 5.74) is -15.7. The summed E-state index contributed by atoms with van der Waals surface area (Å²) >= 11 is -24.1. The molecule has 0 rings (SSSR count). The van der Waals surface area contributed by atoms with Gasteiger partial charge >= 0.3 is 113 Å². The van der Waals surface area contributed by atoms with Gasteiger partial charge in [0.1, 0.15) is 13.2 Å². The first-order chi connectivity index (χ1) is 42.7. The summed E-state index contributed by atoms with van der Waals surface area (Å²) < 4.78 is 583. The summed E-state index contributed by atoms with van der Waals surface area (Å²) in [7, 11) is -2.64. The van der Waals surface area contributed by atoms with Gasteiger partial charge in [0.15, 0.2) is 6.82 Å². The van der Waals surface area contributed by atoms with E-state index in [0.29, 0.717) is 0 Å². The smallest absolute Gasteiger partial charge is 0.325 e. The van der Waals surface area contributed by atoms with Crippen molar-refractivity contribution in [3.63, 3.8) is 0 Å². The summed E-state index contributed by atoms with van der Waals surface area (Å²) in [6, 6.07) is 0. The number of thioether (sulfide) groups is 9. The zero-order valence-electron chi connectivity index (χ0n) is 45.6. The molecule has 0 fully saturated rings. The minimum atomic E-state index is -8.26. The fourth-order valence-corrected chi connectivity index (χ4v) is 20.1. The molecule has 0 aromatic rings. The second-order valence-electron chi connectivity index (χ2n) is 15.2. The molecular weight excluding hydrogens is 1710 g/mol. The number of halogens is 40. The third kappa shape index (κ3) is 28.3. The zero-order valence-corrected chi connectivity index (χ0v) is 54.5. The monoisotopic (exact) mass is 1740 g/mol. The van der Waals surface area contributed by atoms with Crippen molar-refractivity contribution in [1.29, 1.82) is 0 Å². The lowest BCUT2D eigenvalue weighted by Gasteiger charge is -2.51. The fourth-order valence-electron chi connectivity index (χ4n) is 5.44. The zero-order chi connectivity index (χ0) is 77.4. The van der Waals surface area contributed by atoms with Gasteiger partial charge in [0, 0.05) is 88.7 Å². The molecule has 0 bridgehead atoms. The molecule has 0 aliphatic rings. The van der Waals surface area contributed by atoms with Gasteiger partial charge in [0.05, 0.1) is 0 Å². The van der Waals surface area contributed by atoms with Crippen LogP contribution in [0, 0.1) is 0 Å². The van der Waals surface area contributed by atoms with E-state index in [1.165, 1.54) is 0 Å². The van der Waals surface area contributed by atoms with Crippen LogP contribution in [0.1, 0.15) is 13.8 Å². The third-order valence-corrected chi connectivity index (χ3v) is 21.5. The summed E-state index contributed by atoms with van der Waals surface area (Å²) in [6.45, 7) is -20.2. The van der Waals surface area contributed by atoms with E-state index < -0.39 is 293 Å². The number of rotatable bonds is 44. The van der Waals surface area contributed by atoms with Gasteiger partial charge in [-0.25, -0.2) is 27.0 Å². The van der Waals surface area contributed by atoms with Gasteiger partial charge in [0.25, 0.3) is 12.9 Å². The molecule has 0 aromatic heterocycles. The molecule has 14 nitrogen and oxygen atoms in total. The van der Waals surface area contributed by atoms with Crippen LogP contribution in [0.25, 0.3) is 0 Å². The van der Waals surface area contributed by atoms with Crippen LogP contribution in [0.3, 0.4) is 0 Å². The van der Waals surface area contributed by atoms with E-state index in [2.05, 4.69) is 66.3 Å². The van der Waals surface area contributed by atoms with E-state index in [9.17, 15) is 87.8 Å². The minimum Gasteiger partial charge on any atom is -0.325 e. The average Bonchev–Trinajstić information content (AvgIpc) is 0.712. The largest absolute Gasteiger partial charge is 0.526 e. The van der Waals surface area contributed by atoms with E-state index in [4.69, 9.17) is 23.2 Å². The highest BCUT2D eigenvalue weighted by Gasteiger charge is 2.83. The molecule has 63 heteroatoms. The van der Waals surface area contributed by atoms with Crippen LogP contribution in [0.15, 0.2) is 0 Å². The Morgan fingerprint density at radius 2 is 0.567 bits per heavy atom. The Labute approximate surface area is 560 Å². The molecule has 0 N–H and O–H groups in total. The highest BCUT2D eigenvalue weighted by molar-refractivity contribution is 8.44. The number of hydrogen-bond acceptors (Lipinski definition) is 23. The SMILES string of the molecule is CCOC(OC)(OC(OC)(OCC(F)F)C(F)(F)SC(SC(F)(F)F)(SC(SC(F)(F)F)(SC(F)(F)C(OC)(OCC(F)F)OC(OC)(OCC)C(F)(F)F)C(F)(F)SC(F)(F)SC(Cl)(OC(F)F)OC(F)(F)F)C(F)(F)SC(F)(F)SC(Cl)(OC(F)F)OC(F)(F)F)C(F)(F)F. The molecule has 0 aliphatic heterocycles. The highest BCUT2D eigenvalue weighted by Crippen LogP contribution is 2.81. The molecule has 0 saturated heterocycles. The number of ether oxygens (including phenoxy) is 14. The molecule has 0 spiro atoms. The minimum absolute atomic E-state index is 0.272. The Morgan fingerprint density at radius 1 is 0.309 bits per heavy atom. The Morgan fingerprint density at radius 3 is 0.753 bits per heavy atom. The van der Waals surface area contributed by atoms with Gasteiger partial charge in [-0.3, -0.25) is 18.9 Å². The molecule has 0 aromatic carbocycles. The topological polar surface area (TPSA) is 129 Å². The van der Waals surface area contributed by atoms with Crippen LogP contribution in [-0.4, -0.2) is 187 Å². The van der Waals surface area contributed by atoms with Crippen molar-refractivity contribution >= 4 is 129 Å². The first kappa shape index (κ1) is 97.5. The van der Waals surface area contributed by atoms with Crippen molar-refractivity contribution in [2.24, 2.45) is 0 Å². The second-order valence-corrected chi connectivity index (χ2v) is 30.4. The summed E-state index contributed by atoms with van der Waals surface area (Å²) in [4.78, 5) is 0. The first-order valence-electron chi connectivity index (χ1n) is 22.1. The maximum Gasteiger partial charge on any atom is 0.526 e. The molecule has 8 atom stereocenters. The van der Waals surface area contributed by atoms with Crippen LogP contribution >= 0.6 is 129 Å². The number of alkyl halides is 40. The van der Waals surface area contributed by atoms with E-state index in [1.807, 2.05) is 0 Å². The van der Waals surface area contributed by atoms with Gasteiger partial charge in [-0.1, -0.05) is 11.8 Å². The number of hydrogen-bond donors (Lipinski definition) is 0. The van der Waals surface area contributed by atoms with Crippen molar-refractivity contribution < 1.29 is 233 Å². The van der Waals surface area contributed by atoms with Crippen molar-refractivity contribution in [2.45, 2.75) is 146 Å². The van der Waals surface area contributed by atoms with E-state index in [0.717, 1.165) is 0 Å². The molecular formula is C34H30Cl2F38O14S9. The number of methoxy groups -OCH3 is 4. The van der Waals surface area contributed by atoms with Crippen molar-refractivity contribution in [2.75, 3.05) is 54.9 Å². The van der Waals surface area contributed by atoms with Crippen LogP contribution in [0.5, 0.6) is 0 Å². The van der Waals surface area contributed by atoms with Gasteiger partial charge in [-0.15, -0.1) is 26.3 Å². The molecule has 0 saturated carbocycles.